The maximum absolute atomic E-state index is 12.2. The highest BCUT2D eigenvalue weighted by molar-refractivity contribution is 5.81. The van der Waals surface area contributed by atoms with Gasteiger partial charge in [0.2, 0.25) is 5.91 Å². The van der Waals surface area contributed by atoms with Gasteiger partial charge in [0.25, 0.3) is 0 Å². The standard InChI is InChI=1S/C12H19N3O5/c1-12(10(17)18)7-20-6-8(12)14-11(19)15-4-2-9(16)13-3-5-15/h8H,2-7H2,1H3,(H,13,16)(H,14,19)(H,17,18). The Morgan fingerprint density at radius 1 is 1.50 bits per heavy atom. The van der Waals surface area contributed by atoms with Crippen molar-refractivity contribution in [3.05, 3.63) is 0 Å². The van der Waals surface area contributed by atoms with E-state index in [-0.39, 0.29) is 31.6 Å². The van der Waals surface area contributed by atoms with Crippen molar-refractivity contribution < 1.29 is 24.2 Å². The number of hydrogen-bond acceptors (Lipinski definition) is 4. The Morgan fingerprint density at radius 3 is 2.95 bits per heavy atom. The molecule has 3 N–H and O–H groups in total. The van der Waals surface area contributed by atoms with Crippen LogP contribution in [0.2, 0.25) is 0 Å². The molecule has 0 spiro atoms. The van der Waals surface area contributed by atoms with Gasteiger partial charge in [0.1, 0.15) is 5.41 Å². The Hall–Kier alpha value is -1.83. The highest BCUT2D eigenvalue weighted by Gasteiger charge is 2.47. The van der Waals surface area contributed by atoms with Crippen LogP contribution in [0.1, 0.15) is 13.3 Å². The highest BCUT2D eigenvalue weighted by Crippen LogP contribution is 2.28. The molecule has 2 aliphatic heterocycles. The molecular weight excluding hydrogens is 266 g/mol. The van der Waals surface area contributed by atoms with Gasteiger partial charge in [-0.25, -0.2) is 4.79 Å². The van der Waals surface area contributed by atoms with Crippen LogP contribution < -0.4 is 10.6 Å². The van der Waals surface area contributed by atoms with Crippen molar-refractivity contribution >= 4 is 17.9 Å². The van der Waals surface area contributed by atoms with E-state index >= 15 is 0 Å². The first-order valence-corrected chi connectivity index (χ1v) is 6.57. The van der Waals surface area contributed by atoms with Crippen LogP contribution in [0.5, 0.6) is 0 Å². The molecule has 8 heteroatoms. The number of carbonyl (C=O) groups excluding carboxylic acids is 2. The van der Waals surface area contributed by atoms with Gasteiger partial charge in [0.15, 0.2) is 0 Å². The first-order valence-electron chi connectivity index (χ1n) is 6.57. The van der Waals surface area contributed by atoms with Crippen molar-refractivity contribution in [3.63, 3.8) is 0 Å². The molecule has 2 saturated heterocycles. The summed E-state index contributed by atoms with van der Waals surface area (Å²) < 4.78 is 5.18. The lowest BCUT2D eigenvalue weighted by molar-refractivity contribution is -0.148. The first kappa shape index (κ1) is 14.6. The molecule has 0 bridgehead atoms. The number of nitrogens with zero attached hydrogens (tertiary/aromatic N) is 1. The molecule has 0 aromatic carbocycles. The van der Waals surface area contributed by atoms with Crippen LogP contribution in [0, 0.1) is 5.41 Å². The molecule has 2 fully saturated rings. The Morgan fingerprint density at radius 2 is 2.25 bits per heavy atom. The van der Waals surface area contributed by atoms with Crippen LogP contribution in [0.3, 0.4) is 0 Å². The van der Waals surface area contributed by atoms with E-state index in [1.165, 1.54) is 4.90 Å². The van der Waals surface area contributed by atoms with Crippen molar-refractivity contribution in [2.24, 2.45) is 5.41 Å². The minimum absolute atomic E-state index is 0.0767. The van der Waals surface area contributed by atoms with E-state index in [1.807, 2.05) is 0 Å². The minimum atomic E-state index is -1.12. The van der Waals surface area contributed by atoms with Gasteiger partial charge in [0, 0.05) is 26.1 Å². The normalized spacial score (nSPS) is 30.6. The topological polar surface area (TPSA) is 108 Å². The molecule has 0 aromatic heterocycles. The summed E-state index contributed by atoms with van der Waals surface area (Å²) in [5.41, 5.74) is -1.12. The minimum Gasteiger partial charge on any atom is -0.481 e. The summed E-state index contributed by atoms with van der Waals surface area (Å²) in [5.74, 6) is -1.08. The molecule has 3 amide bonds. The molecule has 0 aliphatic carbocycles. The Bertz CT molecular complexity index is 427. The van der Waals surface area contributed by atoms with E-state index in [4.69, 9.17) is 4.74 Å². The fraction of sp³-hybridized carbons (Fsp3) is 0.750. The Kier molecular flexibility index (Phi) is 4.12. The summed E-state index contributed by atoms with van der Waals surface area (Å²) in [6.07, 6.45) is 0.255. The van der Waals surface area contributed by atoms with Gasteiger partial charge in [-0.2, -0.15) is 0 Å². The largest absolute Gasteiger partial charge is 0.481 e. The Labute approximate surface area is 116 Å². The number of urea groups is 1. The van der Waals surface area contributed by atoms with Crippen LogP contribution in [0.4, 0.5) is 4.79 Å². The monoisotopic (exact) mass is 285 g/mol. The number of amides is 3. The second kappa shape index (κ2) is 5.66. The third-order valence-electron chi connectivity index (χ3n) is 3.84. The van der Waals surface area contributed by atoms with E-state index in [9.17, 15) is 19.5 Å². The molecule has 2 unspecified atom stereocenters. The molecule has 2 atom stereocenters. The molecule has 2 rings (SSSR count). The Balaban J connectivity index is 1.97. The quantitative estimate of drug-likeness (QED) is 0.603. The van der Waals surface area contributed by atoms with Crippen molar-refractivity contribution in [2.45, 2.75) is 19.4 Å². The lowest BCUT2D eigenvalue weighted by Gasteiger charge is -2.28. The van der Waals surface area contributed by atoms with Crippen LogP contribution in [0.25, 0.3) is 0 Å². The van der Waals surface area contributed by atoms with Gasteiger partial charge in [-0.05, 0) is 6.92 Å². The average molecular weight is 285 g/mol. The number of nitrogens with one attached hydrogen (secondary N) is 2. The average Bonchev–Trinajstić information content (AvgIpc) is 2.63. The van der Waals surface area contributed by atoms with E-state index in [0.717, 1.165) is 0 Å². The van der Waals surface area contributed by atoms with Crippen LogP contribution in [-0.4, -0.2) is 66.8 Å². The molecule has 0 saturated carbocycles. The number of ether oxygens (including phenoxy) is 1. The predicted octanol–water partition coefficient (Wildman–Crippen LogP) is -0.992. The molecule has 8 nitrogen and oxygen atoms in total. The zero-order valence-corrected chi connectivity index (χ0v) is 11.3. The molecule has 0 aromatic rings. The van der Waals surface area contributed by atoms with Crippen LogP contribution in [-0.2, 0) is 14.3 Å². The number of carbonyl (C=O) groups is 3. The second-order valence-electron chi connectivity index (χ2n) is 5.33. The molecule has 20 heavy (non-hydrogen) atoms. The van der Waals surface area contributed by atoms with Crippen molar-refractivity contribution in [3.8, 4) is 0 Å². The molecular formula is C12H19N3O5. The van der Waals surface area contributed by atoms with Crippen LogP contribution in [0.15, 0.2) is 0 Å². The molecule has 2 heterocycles. The lowest BCUT2D eigenvalue weighted by Crippen LogP contribution is -2.53. The van der Waals surface area contributed by atoms with E-state index in [2.05, 4.69) is 10.6 Å². The maximum Gasteiger partial charge on any atom is 0.317 e. The summed E-state index contributed by atoms with van der Waals surface area (Å²) in [6.45, 7) is 2.96. The fourth-order valence-electron chi connectivity index (χ4n) is 2.30. The van der Waals surface area contributed by atoms with Gasteiger partial charge in [-0.3, -0.25) is 9.59 Å². The van der Waals surface area contributed by atoms with Gasteiger partial charge in [-0.1, -0.05) is 0 Å². The maximum atomic E-state index is 12.2. The molecule has 2 aliphatic rings. The van der Waals surface area contributed by atoms with E-state index < -0.39 is 17.4 Å². The number of aliphatic carboxylic acids is 1. The number of rotatable bonds is 2. The van der Waals surface area contributed by atoms with Crippen molar-refractivity contribution in [1.29, 1.82) is 0 Å². The molecule has 112 valence electrons. The summed E-state index contributed by atoms with van der Waals surface area (Å²) >= 11 is 0. The number of carboxylic acids is 1. The van der Waals surface area contributed by atoms with Gasteiger partial charge in [-0.15, -0.1) is 0 Å². The summed E-state index contributed by atoms with van der Waals surface area (Å²) in [5, 5.41) is 14.6. The van der Waals surface area contributed by atoms with Crippen molar-refractivity contribution in [1.82, 2.24) is 15.5 Å². The van der Waals surface area contributed by atoms with E-state index in [1.54, 1.807) is 6.92 Å². The zero-order chi connectivity index (χ0) is 14.8. The van der Waals surface area contributed by atoms with Gasteiger partial charge < -0.3 is 25.4 Å². The molecule has 0 radical (unpaired) electrons. The summed E-state index contributed by atoms with van der Waals surface area (Å²) in [7, 11) is 0. The predicted molar refractivity (Wildman–Crippen MR) is 68.1 cm³/mol. The number of hydrogen-bond donors (Lipinski definition) is 3. The fourth-order valence-corrected chi connectivity index (χ4v) is 2.30. The van der Waals surface area contributed by atoms with Gasteiger partial charge in [0.05, 0.1) is 19.3 Å². The SMILES string of the molecule is CC1(C(=O)O)COCC1NC(=O)N1CCNC(=O)CC1. The van der Waals surface area contributed by atoms with Crippen molar-refractivity contribution in [2.75, 3.05) is 32.8 Å². The van der Waals surface area contributed by atoms with Crippen LogP contribution >= 0.6 is 0 Å². The van der Waals surface area contributed by atoms with E-state index in [0.29, 0.717) is 19.6 Å². The summed E-state index contributed by atoms with van der Waals surface area (Å²) in [6, 6.07) is -0.927. The zero-order valence-electron chi connectivity index (χ0n) is 11.3. The summed E-state index contributed by atoms with van der Waals surface area (Å²) in [4.78, 5) is 36.2. The first-order chi connectivity index (χ1) is 9.43. The second-order valence-corrected chi connectivity index (χ2v) is 5.33. The lowest BCUT2D eigenvalue weighted by atomic mass is 9.85. The highest BCUT2D eigenvalue weighted by atomic mass is 16.5. The third kappa shape index (κ3) is 2.84. The smallest absolute Gasteiger partial charge is 0.317 e. The van der Waals surface area contributed by atoms with Gasteiger partial charge >= 0.3 is 12.0 Å². The third-order valence-corrected chi connectivity index (χ3v) is 3.84. The number of carboxylic acid groups (broad SMARTS) is 1.